The predicted molar refractivity (Wildman–Crippen MR) is 70.9 cm³/mol. The minimum Gasteiger partial charge on any atom is -0.507 e. The molecule has 6 heteroatoms. The van der Waals surface area contributed by atoms with Crippen LogP contribution in [0.25, 0.3) is 0 Å². The fourth-order valence-electron chi connectivity index (χ4n) is 1.54. The molecule has 0 unspecified atom stereocenters. The number of esters is 2. The van der Waals surface area contributed by atoms with Gasteiger partial charge in [-0.3, -0.25) is 0 Å². The van der Waals surface area contributed by atoms with Crippen molar-refractivity contribution >= 4 is 11.9 Å². The topological polar surface area (TPSA) is 93.1 Å². The Labute approximate surface area is 116 Å². The fourth-order valence-corrected chi connectivity index (χ4v) is 1.54. The molecule has 1 rings (SSSR count). The third-order valence-corrected chi connectivity index (χ3v) is 2.26. The number of hydrogen-bond acceptors (Lipinski definition) is 6. The van der Waals surface area contributed by atoms with Crippen LogP contribution in [-0.2, 0) is 9.47 Å². The van der Waals surface area contributed by atoms with Crippen LogP contribution in [0.3, 0.4) is 0 Å². The summed E-state index contributed by atoms with van der Waals surface area (Å²) in [7, 11) is 0. The van der Waals surface area contributed by atoms with Crippen LogP contribution < -0.4 is 0 Å². The van der Waals surface area contributed by atoms with Gasteiger partial charge in [-0.05, 0) is 39.8 Å². The molecule has 0 aromatic heterocycles. The molecule has 0 saturated heterocycles. The molecular weight excluding hydrogens is 264 g/mol. The Kier molecular flexibility index (Phi) is 4.96. The van der Waals surface area contributed by atoms with E-state index in [1.165, 1.54) is 0 Å². The maximum absolute atomic E-state index is 11.9. The van der Waals surface area contributed by atoms with E-state index in [9.17, 15) is 19.8 Å². The number of aromatic hydroxyl groups is 2. The lowest BCUT2D eigenvalue weighted by atomic mass is 10.0. The lowest BCUT2D eigenvalue weighted by molar-refractivity contribution is 0.0322. The first-order valence-corrected chi connectivity index (χ1v) is 6.21. The molecule has 2 N–H and O–H groups in total. The quantitative estimate of drug-likeness (QED) is 0.649. The number of ether oxygens (including phenoxy) is 2. The fraction of sp³-hybridized carbons (Fsp3) is 0.429. The molecule has 0 aliphatic heterocycles. The molecule has 0 heterocycles. The van der Waals surface area contributed by atoms with Gasteiger partial charge in [0.05, 0.1) is 12.2 Å². The molecule has 6 nitrogen and oxygen atoms in total. The van der Waals surface area contributed by atoms with E-state index in [0.29, 0.717) is 0 Å². The highest BCUT2D eigenvalue weighted by atomic mass is 16.5. The zero-order valence-corrected chi connectivity index (χ0v) is 11.8. The molecule has 0 spiro atoms. The molecule has 0 aliphatic carbocycles. The molecule has 0 saturated carbocycles. The van der Waals surface area contributed by atoms with Gasteiger partial charge in [-0.1, -0.05) is 0 Å². The van der Waals surface area contributed by atoms with Gasteiger partial charge in [-0.25, -0.2) is 9.59 Å². The van der Waals surface area contributed by atoms with Crippen molar-refractivity contribution in [1.82, 2.24) is 0 Å². The van der Waals surface area contributed by atoms with Crippen molar-refractivity contribution in [3.63, 3.8) is 0 Å². The largest absolute Gasteiger partial charge is 0.507 e. The second-order valence-corrected chi connectivity index (χ2v) is 4.76. The van der Waals surface area contributed by atoms with Crippen LogP contribution in [0.1, 0.15) is 48.4 Å². The van der Waals surface area contributed by atoms with E-state index >= 15 is 0 Å². The lowest BCUT2D eigenvalue weighted by Crippen LogP contribution is -2.19. The summed E-state index contributed by atoms with van der Waals surface area (Å²) in [6.07, 6.45) is -0.864. The van der Waals surface area contributed by atoms with Crippen LogP contribution in [0, 0.1) is 0 Å². The maximum atomic E-state index is 11.9. The smallest absolute Gasteiger partial charge is 0.343 e. The van der Waals surface area contributed by atoms with Gasteiger partial charge in [0.25, 0.3) is 0 Å². The molecule has 110 valence electrons. The van der Waals surface area contributed by atoms with E-state index in [0.717, 1.165) is 12.1 Å². The molecule has 0 aliphatic rings. The first-order chi connectivity index (χ1) is 9.23. The lowest BCUT2D eigenvalue weighted by Gasteiger charge is -2.15. The zero-order chi connectivity index (χ0) is 15.4. The van der Waals surface area contributed by atoms with Crippen LogP contribution in [0.2, 0.25) is 0 Å². The normalized spacial score (nSPS) is 10.7. The van der Waals surface area contributed by atoms with Gasteiger partial charge in [0.2, 0.25) is 0 Å². The minimum absolute atomic E-state index is 0.399. The van der Waals surface area contributed by atoms with Gasteiger partial charge in [-0.15, -0.1) is 0 Å². The summed E-state index contributed by atoms with van der Waals surface area (Å²) in [5.41, 5.74) is -0.797. The third-order valence-electron chi connectivity index (χ3n) is 2.26. The Morgan fingerprint density at radius 3 is 1.40 bits per heavy atom. The Morgan fingerprint density at radius 1 is 0.850 bits per heavy atom. The van der Waals surface area contributed by atoms with Crippen LogP contribution in [0.5, 0.6) is 11.5 Å². The van der Waals surface area contributed by atoms with Gasteiger partial charge >= 0.3 is 11.9 Å². The molecular formula is C14H18O6. The zero-order valence-electron chi connectivity index (χ0n) is 11.8. The molecule has 1 aromatic rings. The molecule has 1 aromatic carbocycles. The van der Waals surface area contributed by atoms with Crippen molar-refractivity contribution in [2.24, 2.45) is 0 Å². The van der Waals surface area contributed by atoms with E-state index in [1.807, 2.05) is 0 Å². The van der Waals surface area contributed by atoms with Crippen LogP contribution in [0.4, 0.5) is 0 Å². The highest BCUT2D eigenvalue weighted by Gasteiger charge is 2.28. The summed E-state index contributed by atoms with van der Waals surface area (Å²) in [5.74, 6) is -2.71. The average Bonchev–Trinajstić information content (AvgIpc) is 2.29. The van der Waals surface area contributed by atoms with E-state index in [4.69, 9.17) is 9.47 Å². The summed E-state index contributed by atoms with van der Waals surface area (Å²) in [4.78, 5) is 23.9. The highest BCUT2D eigenvalue weighted by Crippen LogP contribution is 2.30. The summed E-state index contributed by atoms with van der Waals surface area (Å²) in [6.45, 7) is 6.52. The van der Waals surface area contributed by atoms with E-state index in [-0.39, 0.29) is 0 Å². The SMILES string of the molecule is CC(C)OC(=O)c1c(O)ccc(O)c1C(=O)OC(C)C. The first kappa shape index (κ1) is 15.8. The van der Waals surface area contributed by atoms with Gasteiger partial charge in [-0.2, -0.15) is 0 Å². The standard InChI is InChI=1S/C14H18O6/c1-7(2)19-13(17)11-9(15)5-6-10(16)12(11)14(18)20-8(3)4/h5-8,15-16H,1-4H3. The Morgan fingerprint density at radius 2 is 1.15 bits per heavy atom. The van der Waals surface area contributed by atoms with E-state index in [2.05, 4.69) is 0 Å². The minimum atomic E-state index is -0.899. The Hall–Kier alpha value is -2.24. The van der Waals surface area contributed by atoms with Crippen molar-refractivity contribution in [3.8, 4) is 11.5 Å². The molecule has 0 bridgehead atoms. The number of phenols is 2. The second kappa shape index (κ2) is 6.27. The monoisotopic (exact) mass is 282 g/mol. The van der Waals surface area contributed by atoms with Crippen molar-refractivity contribution in [3.05, 3.63) is 23.3 Å². The summed E-state index contributed by atoms with van der Waals surface area (Å²) < 4.78 is 9.90. The second-order valence-electron chi connectivity index (χ2n) is 4.76. The molecule has 0 radical (unpaired) electrons. The first-order valence-electron chi connectivity index (χ1n) is 6.21. The predicted octanol–water partition coefficient (Wildman–Crippen LogP) is 2.23. The summed E-state index contributed by atoms with van der Waals surface area (Å²) in [5, 5.41) is 19.5. The third kappa shape index (κ3) is 3.63. The van der Waals surface area contributed by atoms with Gasteiger partial charge in [0.1, 0.15) is 22.6 Å². The van der Waals surface area contributed by atoms with Gasteiger partial charge in [0, 0.05) is 0 Å². The summed E-state index contributed by atoms with van der Waals surface area (Å²) >= 11 is 0. The van der Waals surface area contributed by atoms with Crippen molar-refractivity contribution in [2.45, 2.75) is 39.9 Å². The average molecular weight is 282 g/mol. The van der Waals surface area contributed by atoms with Gasteiger partial charge in [0.15, 0.2) is 0 Å². The van der Waals surface area contributed by atoms with Crippen molar-refractivity contribution in [2.75, 3.05) is 0 Å². The number of rotatable bonds is 4. The Balaban J connectivity index is 3.31. The maximum Gasteiger partial charge on any atom is 0.343 e. The van der Waals surface area contributed by atoms with Crippen LogP contribution in [-0.4, -0.2) is 34.4 Å². The van der Waals surface area contributed by atoms with Crippen LogP contribution in [0.15, 0.2) is 12.1 Å². The molecule has 0 amide bonds. The van der Waals surface area contributed by atoms with Crippen molar-refractivity contribution in [1.29, 1.82) is 0 Å². The number of phenolic OH excluding ortho intramolecular Hbond substituents is 2. The summed E-state index contributed by atoms with van der Waals surface area (Å²) in [6, 6.07) is 2.22. The van der Waals surface area contributed by atoms with Crippen LogP contribution >= 0.6 is 0 Å². The van der Waals surface area contributed by atoms with Gasteiger partial charge < -0.3 is 19.7 Å². The number of carbonyl (C=O) groups excluding carboxylic acids is 2. The number of hydrogen-bond donors (Lipinski definition) is 2. The van der Waals surface area contributed by atoms with E-state index in [1.54, 1.807) is 27.7 Å². The highest BCUT2D eigenvalue weighted by molar-refractivity contribution is 6.07. The molecule has 0 atom stereocenters. The number of benzene rings is 1. The molecule has 20 heavy (non-hydrogen) atoms. The molecule has 0 fully saturated rings. The van der Waals surface area contributed by atoms with Crippen molar-refractivity contribution < 1.29 is 29.3 Å². The number of carbonyl (C=O) groups is 2. The van der Waals surface area contributed by atoms with E-state index < -0.39 is 46.8 Å². The Bertz CT molecular complexity index is 472.